The smallest absolute Gasteiger partial charge is 0.276 e. The number of carbonyl (C=O) groups excluding carboxylic acids is 1. The van der Waals surface area contributed by atoms with E-state index in [0.717, 1.165) is 23.6 Å². The molecule has 0 fully saturated rings. The molecule has 0 atom stereocenters. The fraction of sp³-hybridized carbons (Fsp3) is 0.350. The lowest BCUT2D eigenvalue weighted by Gasteiger charge is -2.15. The Morgan fingerprint density at radius 2 is 2.11 bits per heavy atom. The van der Waals surface area contributed by atoms with Crippen molar-refractivity contribution < 1.29 is 14.1 Å². The molecule has 0 N–H and O–H groups in total. The van der Waals surface area contributed by atoms with Crippen LogP contribution in [0.5, 0.6) is 5.75 Å². The molecule has 0 unspecified atom stereocenters. The molecule has 7 nitrogen and oxygen atoms in total. The summed E-state index contributed by atoms with van der Waals surface area (Å²) < 4.78 is 12.9. The number of aryl methyl sites for hydroxylation is 3. The summed E-state index contributed by atoms with van der Waals surface area (Å²) in [4.78, 5) is 14.4. The maximum absolute atomic E-state index is 12.8. The third-order valence-electron chi connectivity index (χ3n) is 4.33. The Kier molecular flexibility index (Phi) is 5.59. The quantitative estimate of drug-likeness (QED) is 0.639. The molecule has 2 heterocycles. The summed E-state index contributed by atoms with van der Waals surface area (Å²) in [5.74, 6) is 1.10. The van der Waals surface area contributed by atoms with Crippen molar-refractivity contribution in [3.05, 3.63) is 64.8 Å². The molecule has 0 saturated carbocycles. The van der Waals surface area contributed by atoms with Crippen molar-refractivity contribution in [3.63, 3.8) is 0 Å². The van der Waals surface area contributed by atoms with E-state index in [1.54, 1.807) is 18.9 Å². The zero-order valence-corrected chi connectivity index (χ0v) is 16.1. The van der Waals surface area contributed by atoms with Gasteiger partial charge < -0.3 is 14.2 Å². The molecule has 27 heavy (non-hydrogen) atoms. The summed E-state index contributed by atoms with van der Waals surface area (Å²) >= 11 is 0. The second-order valence-electron chi connectivity index (χ2n) is 6.50. The van der Waals surface area contributed by atoms with E-state index in [9.17, 15) is 4.79 Å². The zero-order valence-electron chi connectivity index (χ0n) is 16.1. The van der Waals surface area contributed by atoms with E-state index >= 15 is 0 Å². The van der Waals surface area contributed by atoms with Gasteiger partial charge in [0, 0.05) is 19.8 Å². The minimum absolute atomic E-state index is 0.220. The SMILES string of the molecule is CCn1ccc(CN(C)C(=O)c2noc(C)c2COc2cccc(C)c2)n1. The standard InChI is InChI=1S/C20H24N4O3/c1-5-24-10-9-16(21-24)12-23(4)20(25)19-18(15(3)27-22-19)13-26-17-8-6-7-14(2)11-17/h6-11H,5,12-13H2,1-4H3. The normalized spacial score (nSPS) is 10.8. The van der Waals surface area contributed by atoms with E-state index < -0.39 is 0 Å². The first-order valence-electron chi connectivity index (χ1n) is 8.90. The highest BCUT2D eigenvalue weighted by atomic mass is 16.5. The predicted molar refractivity (Wildman–Crippen MR) is 100 cm³/mol. The van der Waals surface area contributed by atoms with Gasteiger partial charge in [-0.2, -0.15) is 5.10 Å². The molecule has 0 aliphatic rings. The Labute approximate surface area is 158 Å². The molecule has 0 radical (unpaired) electrons. The minimum atomic E-state index is -0.222. The van der Waals surface area contributed by atoms with Gasteiger partial charge in [-0.05, 0) is 44.5 Å². The molecule has 0 aliphatic heterocycles. The van der Waals surface area contributed by atoms with Gasteiger partial charge >= 0.3 is 0 Å². The van der Waals surface area contributed by atoms with Gasteiger partial charge in [0.1, 0.15) is 18.1 Å². The van der Waals surface area contributed by atoms with Crippen LogP contribution in [0.15, 0.2) is 41.1 Å². The predicted octanol–water partition coefficient (Wildman–Crippen LogP) is 3.36. The van der Waals surface area contributed by atoms with Crippen LogP contribution in [0.4, 0.5) is 0 Å². The Morgan fingerprint density at radius 1 is 1.30 bits per heavy atom. The zero-order chi connectivity index (χ0) is 19.4. The van der Waals surface area contributed by atoms with E-state index in [1.807, 2.05) is 55.1 Å². The average Bonchev–Trinajstić information content (AvgIpc) is 3.25. The Bertz CT molecular complexity index is 929. The van der Waals surface area contributed by atoms with Crippen LogP contribution < -0.4 is 4.74 Å². The molecule has 0 saturated heterocycles. The Hall–Kier alpha value is -3.09. The maximum Gasteiger partial charge on any atom is 0.276 e. The van der Waals surface area contributed by atoms with Crippen molar-refractivity contribution in [3.8, 4) is 5.75 Å². The molecule has 1 aromatic carbocycles. The fourth-order valence-corrected chi connectivity index (χ4v) is 2.75. The molecule has 142 valence electrons. The third-order valence-corrected chi connectivity index (χ3v) is 4.33. The molecular weight excluding hydrogens is 344 g/mol. The lowest BCUT2D eigenvalue weighted by Crippen LogP contribution is -2.28. The fourth-order valence-electron chi connectivity index (χ4n) is 2.75. The highest BCUT2D eigenvalue weighted by molar-refractivity contribution is 5.93. The van der Waals surface area contributed by atoms with Gasteiger partial charge in [-0.1, -0.05) is 17.3 Å². The van der Waals surface area contributed by atoms with E-state index in [-0.39, 0.29) is 18.2 Å². The monoisotopic (exact) mass is 368 g/mol. The van der Waals surface area contributed by atoms with Crippen LogP contribution in [0.1, 0.15) is 40.0 Å². The number of hydrogen-bond donors (Lipinski definition) is 0. The minimum Gasteiger partial charge on any atom is -0.489 e. The van der Waals surface area contributed by atoms with Gasteiger partial charge in [-0.25, -0.2) is 0 Å². The van der Waals surface area contributed by atoms with Crippen molar-refractivity contribution in [2.45, 2.75) is 40.5 Å². The molecule has 0 bridgehead atoms. The molecule has 1 amide bonds. The van der Waals surface area contributed by atoms with Gasteiger partial charge in [-0.3, -0.25) is 9.48 Å². The molecule has 2 aromatic heterocycles. The van der Waals surface area contributed by atoms with Gasteiger partial charge in [0.2, 0.25) is 0 Å². The van der Waals surface area contributed by atoms with Crippen molar-refractivity contribution in [2.24, 2.45) is 0 Å². The first-order chi connectivity index (χ1) is 13.0. The van der Waals surface area contributed by atoms with Crippen molar-refractivity contribution >= 4 is 5.91 Å². The van der Waals surface area contributed by atoms with Crippen molar-refractivity contribution in [1.29, 1.82) is 0 Å². The number of nitrogens with zero attached hydrogens (tertiary/aromatic N) is 4. The third kappa shape index (κ3) is 4.36. The lowest BCUT2D eigenvalue weighted by molar-refractivity contribution is 0.0770. The van der Waals surface area contributed by atoms with Crippen molar-refractivity contribution in [2.75, 3.05) is 7.05 Å². The maximum atomic E-state index is 12.8. The first-order valence-corrected chi connectivity index (χ1v) is 8.90. The van der Waals surface area contributed by atoms with Gasteiger partial charge in [0.25, 0.3) is 5.91 Å². The van der Waals surface area contributed by atoms with Crippen molar-refractivity contribution in [1.82, 2.24) is 19.8 Å². The number of carbonyl (C=O) groups is 1. The summed E-state index contributed by atoms with van der Waals surface area (Å²) in [6, 6.07) is 9.67. The molecule has 7 heteroatoms. The van der Waals surface area contributed by atoms with Gasteiger partial charge in [0.05, 0.1) is 17.8 Å². The van der Waals surface area contributed by atoms with E-state index in [4.69, 9.17) is 9.26 Å². The summed E-state index contributed by atoms with van der Waals surface area (Å²) in [5, 5.41) is 8.37. The van der Waals surface area contributed by atoms with E-state index in [0.29, 0.717) is 17.9 Å². The first kappa shape index (κ1) is 18.7. The molecule has 0 aliphatic carbocycles. The van der Waals surface area contributed by atoms with Gasteiger partial charge in [0.15, 0.2) is 5.69 Å². The number of amides is 1. The summed E-state index contributed by atoms with van der Waals surface area (Å²) in [5.41, 5.74) is 2.87. The largest absolute Gasteiger partial charge is 0.489 e. The molecule has 3 aromatic rings. The summed E-state index contributed by atoms with van der Waals surface area (Å²) in [6.45, 7) is 7.21. The molecule has 3 rings (SSSR count). The van der Waals surface area contributed by atoms with Crippen LogP contribution in [0.25, 0.3) is 0 Å². The van der Waals surface area contributed by atoms with Crippen LogP contribution in [-0.2, 0) is 19.7 Å². The number of ether oxygens (including phenoxy) is 1. The van der Waals surface area contributed by atoms with E-state index in [2.05, 4.69) is 10.3 Å². The van der Waals surface area contributed by atoms with E-state index in [1.165, 1.54) is 0 Å². The average molecular weight is 368 g/mol. The lowest BCUT2D eigenvalue weighted by atomic mass is 10.2. The second kappa shape index (κ2) is 8.07. The van der Waals surface area contributed by atoms with Crippen LogP contribution in [0.2, 0.25) is 0 Å². The van der Waals surface area contributed by atoms with Crippen LogP contribution in [0.3, 0.4) is 0 Å². The Balaban J connectivity index is 1.71. The molecular formula is C20H24N4O3. The highest BCUT2D eigenvalue weighted by Crippen LogP contribution is 2.20. The number of rotatable bonds is 7. The van der Waals surface area contributed by atoms with Crippen LogP contribution in [-0.4, -0.2) is 32.8 Å². The highest BCUT2D eigenvalue weighted by Gasteiger charge is 2.23. The summed E-state index contributed by atoms with van der Waals surface area (Å²) in [6.07, 6.45) is 1.90. The van der Waals surface area contributed by atoms with Crippen LogP contribution >= 0.6 is 0 Å². The number of benzene rings is 1. The summed E-state index contributed by atoms with van der Waals surface area (Å²) in [7, 11) is 1.72. The van der Waals surface area contributed by atoms with Crippen LogP contribution in [0, 0.1) is 13.8 Å². The number of aromatic nitrogens is 3. The topological polar surface area (TPSA) is 73.4 Å². The van der Waals surface area contributed by atoms with Gasteiger partial charge in [-0.15, -0.1) is 0 Å². The second-order valence-corrected chi connectivity index (χ2v) is 6.50. The number of hydrogen-bond acceptors (Lipinski definition) is 5. The Morgan fingerprint density at radius 3 is 2.81 bits per heavy atom. The molecule has 0 spiro atoms.